The second kappa shape index (κ2) is 7.15. The van der Waals surface area contributed by atoms with Crippen LogP contribution in [-0.2, 0) is 27.6 Å². The third-order valence-corrected chi connectivity index (χ3v) is 6.60. The van der Waals surface area contributed by atoms with Gasteiger partial charge >= 0.3 is 5.97 Å². The van der Waals surface area contributed by atoms with Crippen molar-refractivity contribution in [3.8, 4) is 5.75 Å². The van der Waals surface area contributed by atoms with Gasteiger partial charge in [-0.3, -0.25) is 0 Å². The van der Waals surface area contributed by atoms with Crippen LogP contribution < -0.4 is 9.46 Å². The first-order valence-corrected chi connectivity index (χ1v) is 10.2. The third kappa shape index (κ3) is 3.86. The zero-order valence-corrected chi connectivity index (χ0v) is 15.6. The molecule has 0 saturated carbocycles. The van der Waals surface area contributed by atoms with E-state index in [1.54, 1.807) is 12.3 Å². The molecule has 2 aromatic rings. The van der Waals surface area contributed by atoms with Crippen molar-refractivity contribution in [2.24, 2.45) is 0 Å². The first-order valence-electron chi connectivity index (χ1n) is 7.83. The SMILES string of the molecule is COC(=O)c1sccc1S(=O)(=O)NC(C)Cc1ccc2c(c1)CCO2. The van der Waals surface area contributed by atoms with E-state index >= 15 is 0 Å². The van der Waals surface area contributed by atoms with Crippen LogP contribution in [0.15, 0.2) is 34.5 Å². The number of nitrogens with one attached hydrogen (secondary N) is 1. The Bertz CT molecular complexity index is 888. The molecule has 0 spiro atoms. The molecule has 8 heteroatoms. The van der Waals surface area contributed by atoms with Crippen LogP contribution in [-0.4, -0.2) is 34.1 Å². The third-order valence-electron chi connectivity index (χ3n) is 3.94. The summed E-state index contributed by atoms with van der Waals surface area (Å²) < 4.78 is 37.9. The number of hydrogen-bond acceptors (Lipinski definition) is 6. The summed E-state index contributed by atoms with van der Waals surface area (Å²) in [6, 6.07) is 7.01. The Morgan fingerprint density at radius 3 is 2.96 bits per heavy atom. The number of hydrogen-bond donors (Lipinski definition) is 1. The quantitative estimate of drug-likeness (QED) is 0.777. The van der Waals surface area contributed by atoms with Crippen LogP contribution in [0.4, 0.5) is 0 Å². The van der Waals surface area contributed by atoms with Crippen molar-refractivity contribution in [1.29, 1.82) is 0 Å². The summed E-state index contributed by atoms with van der Waals surface area (Å²) in [5.41, 5.74) is 2.19. The molecule has 0 saturated heterocycles. The van der Waals surface area contributed by atoms with Crippen LogP contribution in [0.2, 0.25) is 0 Å². The van der Waals surface area contributed by atoms with E-state index in [-0.39, 0.29) is 15.8 Å². The van der Waals surface area contributed by atoms with Gasteiger partial charge in [0, 0.05) is 12.5 Å². The maximum absolute atomic E-state index is 12.6. The summed E-state index contributed by atoms with van der Waals surface area (Å²) in [5.74, 6) is 0.250. The topological polar surface area (TPSA) is 81.7 Å². The Morgan fingerprint density at radius 1 is 1.40 bits per heavy atom. The molecule has 1 aromatic carbocycles. The maximum atomic E-state index is 12.6. The molecule has 6 nitrogen and oxygen atoms in total. The highest BCUT2D eigenvalue weighted by molar-refractivity contribution is 7.89. The number of carbonyl (C=O) groups excluding carboxylic acids is 1. The van der Waals surface area contributed by atoms with Crippen molar-refractivity contribution in [3.63, 3.8) is 0 Å². The molecule has 0 fully saturated rings. The second-order valence-electron chi connectivity index (χ2n) is 5.87. The smallest absolute Gasteiger partial charge is 0.349 e. The fourth-order valence-electron chi connectivity index (χ4n) is 2.84. The lowest BCUT2D eigenvalue weighted by atomic mass is 10.0. The van der Waals surface area contributed by atoms with Gasteiger partial charge in [0.15, 0.2) is 0 Å². The van der Waals surface area contributed by atoms with Crippen LogP contribution >= 0.6 is 11.3 Å². The number of esters is 1. The van der Waals surface area contributed by atoms with Crippen molar-refractivity contribution < 1.29 is 22.7 Å². The Balaban J connectivity index is 1.73. The fourth-order valence-corrected chi connectivity index (χ4v) is 5.42. The van der Waals surface area contributed by atoms with Gasteiger partial charge < -0.3 is 9.47 Å². The minimum Gasteiger partial charge on any atom is -0.493 e. The molecule has 1 N–H and O–H groups in total. The van der Waals surface area contributed by atoms with Gasteiger partial charge in [0.2, 0.25) is 10.0 Å². The van der Waals surface area contributed by atoms with E-state index in [1.165, 1.54) is 13.2 Å². The maximum Gasteiger partial charge on any atom is 0.349 e. The van der Waals surface area contributed by atoms with Crippen LogP contribution in [0.3, 0.4) is 0 Å². The molecule has 1 unspecified atom stereocenters. The normalized spacial score (nSPS) is 14.6. The van der Waals surface area contributed by atoms with Crippen molar-refractivity contribution in [3.05, 3.63) is 45.6 Å². The number of methoxy groups -OCH3 is 1. The van der Waals surface area contributed by atoms with Crippen molar-refractivity contribution >= 4 is 27.3 Å². The van der Waals surface area contributed by atoms with Crippen LogP contribution in [0.5, 0.6) is 5.75 Å². The highest BCUT2D eigenvalue weighted by Gasteiger charge is 2.26. The number of ether oxygens (including phenoxy) is 2. The highest BCUT2D eigenvalue weighted by atomic mass is 32.2. The van der Waals surface area contributed by atoms with E-state index in [2.05, 4.69) is 15.5 Å². The van der Waals surface area contributed by atoms with Gasteiger partial charge in [-0.2, -0.15) is 0 Å². The molecule has 1 aromatic heterocycles. The number of rotatable bonds is 6. The number of benzene rings is 1. The summed E-state index contributed by atoms with van der Waals surface area (Å²) in [7, 11) is -2.57. The van der Waals surface area contributed by atoms with Gasteiger partial charge in [-0.1, -0.05) is 12.1 Å². The Morgan fingerprint density at radius 2 is 2.20 bits per heavy atom. The zero-order valence-electron chi connectivity index (χ0n) is 13.9. The van der Waals surface area contributed by atoms with E-state index in [1.807, 2.05) is 12.1 Å². The summed E-state index contributed by atoms with van der Waals surface area (Å²) >= 11 is 1.05. The molecule has 2 heterocycles. The number of sulfonamides is 1. The fraction of sp³-hybridized carbons (Fsp3) is 0.353. The number of carbonyl (C=O) groups is 1. The lowest BCUT2D eigenvalue weighted by Gasteiger charge is -2.15. The highest BCUT2D eigenvalue weighted by Crippen LogP contribution is 2.27. The summed E-state index contributed by atoms with van der Waals surface area (Å²) in [5, 5.41) is 1.56. The summed E-state index contributed by atoms with van der Waals surface area (Å²) in [6.45, 7) is 2.49. The molecule has 1 atom stereocenters. The molecular formula is C17H19NO5S2. The van der Waals surface area contributed by atoms with Gasteiger partial charge in [0.05, 0.1) is 13.7 Å². The number of fused-ring (bicyclic) bond motifs is 1. The molecule has 0 bridgehead atoms. The average Bonchev–Trinajstić information content (AvgIpc) is 3.22. The van der Waals surface area contributed by atoms with Gasteiger partial charge in [-0.15, -0.1) is 11.3 Å². The Labute approximate surface area is 150 Å². The number of thiophene rings is 1. The van der Waals surface area contributed by atoms with E-state index in [0.29, 0.717) is 13.0 Å². The average molecular weight is 381 g/mol. The van der Waals surface area contributed by atoms with E-state index in [4.69, 9.17) is 4.74 Å². The largest absolute Gasteiger partial charge is 0.493 e. The molecule has 0 aliphatic carbocycles. The lowest BCUT2D eigenvalue weighted by Crippen LogP contribution is -2.34. The van der Waals surface area contributed by atoms with E-state index in [9.17, 15) is 13.2 Å². The predicted molar refractivity (Wildman–Crippen MR) is 94.8 cm³/mol. The second-order valence-corrected chi connectivity index (χ2v) is 8.47. The molecule has 0 radical (unpaired) electrons. The molecule has 0 amide bonds. The molecular weight excluding hydrogens is 362 g/mol. The first-order chi connectivity index (χ1) is 11.9. The summed E-state index contributed by atoms with van der Waals surface area (Å²) in [4.78, 5) is 11.7. The molecule has 25 heavy (non-hydrogen) atoms. The predicted octanol–water partition coefficient (Wildman–Crippen LogP) is 2.38. The lowest BCUT2D eigenvalue weighted by molar-refractivity contribution is 0.0602. The standard InChI is InChI=1S/C17H19NO5S2/c1-11(9-12-3-4-14-13(10-12)5-7-23-14)18-25(20,21)15-6-8-24-16(15)17(19)22-2/h3-4,6,8,10-11,18H,5,7,9H2,1-2H3. The summed E-state index contributed by atoms with van der Waals surface area (Å²) in [6.07, 6.45) is 1.42. The van der Waals surface area contributed by atoms with E-state index in [0.717, 1.165) is 34.6 Å². The van der Waals surface area contributed by atoms with Gasteiger partial charge in [-0.05, 0) is 42.0 Å². The van der Waals surface area contributed by atoms with Crippen LogP contribution in [0.25, 0.3) is 0 Å². The van der Waals surface area contributed by atoms with Gasteiger partial charge in [-0.25, -0.2) is 17.9 Å². The van der Waals surface area contributed by atoms with Crippen molar-refractivity contribution in [1.82, 2.24) is 4.72 Å². The molecule has 3 rings (SSSR count). The van der Waals surface area contributed by atoms with Crippen LogP contribution in [0.1, 0.15) is 27.7 Å². The van der Waals surface area contributed by atoms with Gasteiger partial charge in [0.25, 0.3) is 0 Å². The molecule has 134 valence electrons. The van der Waals surface area contributed by atoms with Crippen molar-refractivity contribution in [2.45, 2.75) is 30.7 Å². The monoisotopic (exact) mass is 381 g/mol. The molecule has 1 aliphatic heterocycles. The van der Waals surface area contributed by atoms with Crippen LogP contribution in [0, 0.1) is 0 Å². The minimum atomic E-state index is -3.80. The Hall–Kier alpha value is -1.90. The van der Waals surface area contributed by atoms with Crippen molar-refractivity contribution in [2.75, 3.05) is 13.7 Å². The Kier molecular flexibility index (Phi) is 5.12. The first kappa shape index (κ1) is 17.9. The zero-order chi connectivity index (χ0) is 18.0. The minimum absolute atomic E-state index is 0.0430. The van der Waals surface area contributed by atoms with E-state index < -0.39 is 16.0 Å². The van der Waals surface area contributed by atoms with Gasteiger partial charge in [0.1, 0.15) is 15.5 Å². The molecule has 1 aliphatic rings.